The van der Waals surface area contributed by atoms with Crippen molar-refractivity contribution in [1.29, 1.82) is 5.26 Å². The summed E-state index contributed by atoms with van der Waals surface area (Å²) >= 11 is 0. The zero-order valence-electron chi connectivity index (χ0n) is 17.9. The highest BCUT2D eigenvalue weighted by molar-refractivity contribution is 5.83. The van der Waals surface area contributed by atoms with Gasteiger partial charge in [-0.2, -0.15) is 5.26 Å². The van der Waals surface area contributed by atoms with Crippen LogP contribution in [0, 0.1) is 24.1 Å². The smallest absolute Gasteiger partial charge is 0.242 e. The molecular weight excluding hydrogens is 423 g/mol. The highest BCUT2D eigenvalue weighted by atomic mass is 19.1. The molecule has 1 aliphatic rings. The van der Waals surface area contributed by atoms with Crippen LogP contribution in [0.5, 0.6) is 11.6 Å². The van der Waals surface area contributed by atoms with Crippen LogP contribution in [0.1, 0.15) is 11.3 Å². The molecule has 0 bridgehead atoms. The van der Waals surface area contributed by atoms with Gasteiger partial charge in [-0.25, -0.2) is 14.4 Å². The number of halogens is 1. The van der Waals surface area contributed by atoms with Crippen LogP contribution in [0.2, 0.25) is 0 Å². The van der Waals surface area contributed by atoms with Gasteiger partial charge in [0.1, 0.15) is 12.4 Å². The van der Waals surface area contributed by atoms with E-state index in [9.17, 15) is 9.65 Å². The van der Waals surface area contributed by atoms with Crippen molar-refractivity contribution in [3.63, 3.8) is 0 Å². The number of nitrogens with one attached hydrogen (secondary N) is 2. The van der Waals surface area contributed by atoms with Crippen molar-refractivity contribution in [2.75, 3.05) is 36.5 Å². The monoisotopic (exact) mass is 444 g/mol. The number of nitriles is 1. The molecule has 0 saturated carbocycles. The molecule has 0 atom stereocenters. The van der Waals surface area contributed by atoms with Crippen LogP contribution in [0.25, 0.3) is 10.9 Å². The Morgan fingerprint density at radius 3 is 2.85 bits per heavy atom. The molecule has 9 heteroatoms. The molecule has 3 heterocycles. The van der Waals surface area contributed by atoms with Gasteiger partial charge in [0.25, 0.3) is 0 Å². The van der Waals surface area contributed by atoms with Crippen LogP contribution in [0.4, 0.5) is 21.6 Å². The number of rotatable bonds is 5. The Morgan fingerprint density at radius 2 is 2.03 bits per heavy atom. The number of anilines is 3. The summed E-state index contributed by atoms with van der Waals surface area (Å²) in [4.78, 5) is 13.6. The van der Waals surface area contributed by atoms with E-state index in [1.54, 1.807) is 12.1 Å². The number of aryl methyl sites for hydroxylation is 1. The quantitative estimate of drug-likeness (QED) is 0.462. The van der Waals surface area contributed by atoms with E-state index in [-0.39, 0.29) is 23.0 Å². The Labute approximate surface area is 189 Å². The second kappa shape index (κ2) is 8.76. The molecule has 1 fully saturated rings. The molecule has 1 saturated heterocycles. The van der Waals surface area contributed by atoms with Gasteiger partial charge in [0, 0.05) is 41.1 Å². The molecule has 2 aromatic heterocycles. The summed E-state index contributed by atoms with van der Waals surface area (Å²) in [7, 11) is 0. The fourth-order valence-electron chi connectivity index (χ4n) is 3.85. The molecule has 0 amide bonds. The lowest BCUT2D eigenvalue weighted by molar-refractivity contribution is 0.122. The Kier molecular flexibility index (Phi) is 5.50. The average Bonchev–Trinajstić information content (AvgIpc) is 3.23. The fraction of sp³-hybridized carbons (Fsp3) is 0.208. The molecule has 166 valence electrons. The topological polar surface area (TPSA) is 99.1 Å². The van der Waals surface area contributed by atoms with Gasteiger partial charge in [-0.15, -0.1) is 0 Å². The minimum atomic E-state index is -0.521. The third kappa shape index (κ3) is 4.16. The van der Waals surface area contributed by atoms with E-state index in [0.717, 1.165) is 30.2 Å². The molecule has 4 aromatic rings. The van der Waals surface area contributed by atoms with Crippen molar-refractivity contribution in [2.45, 2.75) is 6.92 Å². The van der Waals surface area contributed by atoms with E-state index in [1.165, 1.54) is 12.4 Å². The molecule has 5 rings (SSSR count). The number of morpholine rings is 1. The first-order valence-electron chi connectivity index (χ1n) is 10.5. The number of benzene rings is 2. The molecule has 2 N–H and O–H groups in total. The summed E-state index contributed by atoms with van der Waals surface area (Å²) in [5.74, 6) is -0.283. The van der Waals surface area contributed by atoms with E-state index in [1.807, 2.05) is 31.2 Å². The average molecular weight is 444 g/mol. The maximum atomic E-state index is 15.0. The summed E-state index contributed by atoms with van der Waals surface area (Å²) in [5.41, 5.74) is 3.40. The second-order valence-electron chi connectivity index (χ2n) is 7.68. The van der Waals surface area contributed by atoms with Gasteiger partial charge >= 0.3 is 0 Å². The summed E-state index contributed by atoms with van der Waals surface area (Å²) in [6.45, 7) is 4.86. The summed E-state index contributed by atoms with van der Waals surface area (Å²) < 4.78 is 26.1. The van der Waals surface area contributed by atoms with Gasteiger partial charge in [0.05, 0.1) is 13.2 Å². The first-order valence-corrected chi connectivity index (χ1v) is 10.5. The molecule has 0 radical (unpaired) electrons. The van der Waals surface area contributed by atoms with Crippen molar-refractivity contribution in [3.05, 3.63) is 65.9 Å². The Bertz CT molecular complexity index is 1360. The van der Waals surface area contributed by atoms with Gasteiger partial charge in [-0.1, -0.05) is 6.07 Å². The van der Waals surface area contributed by atoms with Crippen molar-refractivity contribution in [3.8, 4) is 17.7 Å². The van der Waals surface area contributed by atoms with Crippen molar-refractivity contribution in [2.24, 2.45) is 0 Å². The van der Waals surface area contributed by atoms with E-state index in [4.69, 9.17) is 9.47 Å². The minimum Gasteiger partial charge on any atom is -0.434 e. The summed E-state index contributed by atoms with van der Waals surface area (Å²) in [6.07, 6.45) is 1.28. The van der Waals surface area contributed by atoms with Crippen LogP contribution < -0.4 is 15.0 Å². The maximum Gasteiger partial charge on any atom is 0.242 e. The minimum absolute atomic E-state index is 0.0167. The fourth-order valence-corrected chi connectivity index (χ4v) is 3.85. The van der Waals surface area contributed by atoms with Gasteiger partial charge in [0.2, 0.25) is 5.88 Å². The van der Waals surface area contributed by atoms with E-state index >= 15 is 0 Å². The van der Waals surface area contributed by atoms with Crippen LogP contribution in [0.15, 0.2) is 48.8 Å². The van der Waals surface area contributed by atoms with Crippen molar-refractivity contribution >= 4 is 28.1 Å². The van der Waals surface area contributed by atoms with Crippen LogP contribution in [0.3, 0.4) is 0 Å². The standard InChI is InChI=1S/C24H21FN6O2/c1-15-11-18-20(29-15)5-6-21(22(18)25)33-24-19(13-26)23(27-14-28-24)30-16-3-2-4-17(12-16)31-7-9-32-10-8-31/h2-6,11-12,14,29H,7-10H2,1H3,(H,27,28,30). The SMILES string of the molecule is Cc1cc2c(F)c(Oc3ncnc(Nc4cccc(N5CCOCC5)c4)c3C#N)ccc2[nH]1. The zero-order chi connectivity index (χ0) is 22.8. The van der Waals surface area contributed by atoms with Gasteiger partial charge in [-0.3, -0.25) is 0 Å². The number of ether oxygens (including phenoxy) is 2. The number of nitrogens with zero attached hydrogens (tertiary/aromatic N) is 4. The Hall–Kier alpha value is -4.16. The molecule has 33 heavy (non-hydrogen) atoms. The molecule has 0 aliphatic carbocycles. The van der Waals surface area contributed by atoms with Gasteiger partial charge in [-0.05, 0) is 43.3 Å². The largest absolute Gasteiger partial charge is 0.434 e. The number of fused-ring (bicyclic) bond motifs is 1. The van der Waals surface area contributed by atoms with Gasteiger partial charge < -0.3 is 24.7 Å². The van der Waals surface area contributed by atoms with Crippen molar-refractivity contribution in [1.82, 2.24) is 15.0 Å². The third-order valence-electron chi connectivity index (χ3n) is 5.45. The third-order valence-corrected chi connectivity index (χ3v) is 5.45. The summed E-state index contributed by atoms with van der Waals surface area (Å²) in [5, 5.41) is 13.4. The van der Waals surface area contributed by atoms with E-state index in [0.29, 0.717) is 24.1 Å². The van der Waals surface area contributed by atoms with E-state index < -0.39 is 5.82 Å². The van der Waals surface area contributed by atoms with Crippen LogP contribution in [-0.4, -0.2) is 41.3 Å². The molecule has 2 aromatic carbocycles. The number of aromatic nitrogens is 3. The first-order chi connectivity index (χ1) is 16.1. The first kappa shape index (κ1) is 20.7. The molecule has 1 aliphatic heterocycles. The molecule has 0 unspecified atom stereocenters. The van der Waals surface area contributed by atoms with Crippen LogP contribution in [-0.2, 0) is 4.74 Å². The number of H-pyrrole nitrogens is 1. The van der Waals surface area contributed by atoms with Gasteiger partial charge in [0.15, 0.2) is 22.9 Å². The predicted molar refractivity (Wildman–Crippen MR) is 123 cm³/mol. The number of hydrogen-bond acceptors (Lipinski definition) is 7. The summed E-state index contributed by atoms with van der Waals surface area (Å²) in [6, 6.07) is 14.8. The van der Waals surface area contributed by atoms with Crippen LogP contribution >= 0.6 is 0 Å². The van der Waals surface area contributed by atoms with Crippen molar-refractivity contribution < 1.29 is 13.9 Å². The van der Waals surface area contributed by atoms with E-state index in [2.05, 4.69) is 31.2 Å². The number of hydrogen-bond donors (Lipinski definition) is 2. The highest BCUT2D eigenvalue weighted by Gasteiger charge is 2.18. The maximum absolute atomic E-state index is 15.0. The Balaban J connectivity index is 1.43. The molecule has 8 nitrogen and oxygen atoms in total. The predicted octanol–water partition coefficient (Wildman–Crippen LogP) is 4.65. The Morgan fingerprint density at radius 1 is 1.18 bits per heavy atom. The zero-order valence-corrected chi connectivity index (χ0v) is 17.9. The lowest BCUT2D eigenvalue weighted by Gasteiger charge is -2.29. The molecule has 0 spiro atoms. The normalized spacial score (nSPS) is 13.7. The second-order valence-corrected chi connectivity index (χ2v) is 7.68. The molecular formula is C24H21FN6O2. The number of aromatic amines is 1. The lowest BCUT2D eigenvalue weighted by atomic mass is 10.2. The highest BCUT2D eigenvalue weighted by Crippen LogP contribution is 2.33. The lowest BCUT2D eigenvalue weighted by Crippen LogP contribution is -2.36.